The van der Waals surface area contributed by atoms with Crippen molar-refractivity contribution in [3.05, 3.63) is 0 Å². The third-order valence-corrected chi connectivity index (χ3v) is 5.20. The molecule has 3 unspecified atom stereocenters. The molecule has 0 aromatic rings. The number of nitrogens with zero attached hydrogens (tertiary/aromatic N) is 2. The van der Waals surface area contributed by atoms with Crippen LogP contribution in [0.15, 0.2) is 0 Å². The van der Waals surface area contributed by atoms with Crippen LogP contribution < -0.4 is 0 Å². The van der Waals surface area contributed by atoms with E-state index in [9.17, 15) is 0 Å². The Hall–Kier alpha value is 0.360. The normalized spacial score (nSPS) is 35.8. The first-order chi connectivity index (χ1) is 8.70. The zero-order chi connectivity index (χ0) is 13.0. The van der Waals surface area contributed by atoms with Gasteiger partial charge in [-0.15, -0.1) is 0 Å². The van der Waals surface area contributed by atoms with Crippen molar-refractivity contribution in [1.82, 2.24) is 9.80 Å². The first-order valence-corrected chi connectivity index (χ1v) is 8.44. The molecular formula is C14H27BrN2O. The highest BCUT2D eigenvalue weighted by molar-refractivity contribution is 9.09. The average molecular weight is 319 g/mol. The minimum Gasteiger partial charge on any atom is -0.374 e. The van der Waals surface area contributed by atoms with Gasteiger partial charge in [-0.05, 0) is 39.8 Å². The van der Waals surface area contributed by atoms with Crippen molar-refractivity contribution in [2.75, 3.05) is 38.6 Å². The Kier molecular flexibility index (Phi) is 5.93. The SMILES string of the molecule is CC1COC(CBr)CN1CCC1CCCCN1C. The minimum atomic E-state index is 0.380. The molecule has 2 fully saturated rings. The van der Waals surface area contributed by atoms with Crippen LogP contribution in [0.25, 0.3) is 0 Å². The van der Waals surface area contributed by atoms with Gasteiger partial charge in [0.05, 0.1) is 12.7 Å². The number of piperidine rings is 1. The zero-order valence-corrected chi connectivity index (χ0v) is 13.4. The van der Waals surface area contributed by atoms with Gasteiger partial charge >= 0.3 is 0 Å². The lowest BCUT2D eigenvalue weighted by atomic mass is 9.99. The molecule has 2 rings (SSSR count). The lowest BCUT2D eigenvalue weighted by Gasteiger charge is -2.39. The highest BCUT2D eigenvalue weighted by Crippen LogP contribution is 2.20. The van der Waals surface area contributed by atoms with Crippen molar-refractivity contribution in [3.8, 4) is 0 Å². The van der Waals surface area contributed by atoms with Crippen molar-refractivity contribution in [3.63, 3.8) is 0 Å². The Labute approximate surface area is 120 Å². The standard InChI is InChI=1S/C14H27BrN2O/c1-12-11-18-14(9-15)10-17(12)8-6-13-5-3-4-7-16(13)2/h12-14H,3-11H2,1-2H3. The van der Waals surface area contributed by atoms with Crippen LogP contribution in [-0.4, -0.2) is 66.6 Å². The van der Waals surface area contributed by atoms with E-state index in [1.54, 1.807) is 0 Å². The van der Waals surface area contributed by atoms with Crippen LogP contribution in [0.1, 0.15) is 32.6 Å². The maximum absolute atomic E-state index is 5.78. The van der Waals surface area contributed by atoms with E-state index in [1.165, 1.54) is 38.8 Å². The summed E-state index contributed by atoms with van der Waals surface area (Å²) in [6.07, 6.45) is 5.88. The summed E-state index contributed by atoms with van der Waals surface area (Å²) in [7, 11) is 2.29. The van der Waals surface area contributed by atoms with Crippen molar-refractivity contribution in [2.24, 2.45) is 0 Å². The summed E-state index contributed by atoms with van der Waals surface area (Å²) in [5.41, 5.74) is 0. The number of likely N-dealkylation sites (tertiary alicyclic amines) is 1. The van der Waals surface area contributed by atoms with Crippen molar-refractivity contribution in [1.29, 1.82) is 0 Å². The second-order valence-corrected chi connectivity index (χ2v) is 6.52. The molecular weight excluding hydrogens is 292 g/mol. The highest BCUT2D eigenvalue weighted by atomic mass is 79.9. The van der Waals surface area contributed by atoms with Gasteiger partial charge in [0.2, 0.25) is 0 Å². The van der Waals surface area contributed by atoms with Crippen molar-refractivity contribution < 1.29 is 4.74 Å². The van der Waals surface area contributed by atoms with E-state index in [4.69, 9.17) is 4.74 Å². The fourth-order valence-electron chi connectivity index (χ4n) is 3.10. The fourth-order valence-corrected chi connectivity index (χ4v) is 3.50. The number of halogens is 1. The van der Waals surface area contributed by atoms with Crippen molar-refractivity contribution >= 4 is 15.9 Å². The quantitative estimate of drug-likeness (QED) is 0.740. The first kappa shape index (κ1) is 14.8. The molecule has 0 N–H and O–H groups in total. The molecule has 106 valence electrons. The number of ether oxygens (including phenoxy) is 1. The number of morpholine rings is 1. The third kappa shape index (κ3) is 3.92. The molecule has 0 spiro atoms. The summed E-state index contributed by atoms with van der Waals surface area (Å²) in [5.74, 6) is 0. The highest BCUT2D eigenvalue weighted by Gasteiger charge is 2.26. The topological polar surface area (TPSA) is 15.7 Å². The molecule has 4 heteroatoms. The molecule has 18 heavy (non-hydrogen) atoms. The van der Waals surface area contributed by atoms with E-state index in [-0.39, 0.29) is 0 Å². The van der Waals surface area contributed by atoms with Gasteiger partial charge in [-0.1, -0.05) is 22.4 Å². The van der Waals surface area contributed by atoms with Gasteiger partial charge in [0.15, 0.2) is 0 Å². The minimum absolute atomic E-state index is 0.380. The van der Waals surface area contributed by atoms with E-state index < -0.39 is 0 Å². The van der Waals surface area contributed by atoms with Crippen molar-refractivity contribution in [2.45, 2.75) is 50.8 Å². The largest absolute Gasteiger partial charge is 0.374 e. The van der Waals surface area contributed by atoms with E-state index >= 15 is 0 Å². The Morgan fingerprint density at radius 1 is 1.33 bits per heavy atom. The molecule has 0 bridgehead atoms. The summed E-state index contributed by atoms with van der Waals surface area (Å²) in [5, 5.41) is 0.958. The Balaban J connectivity index is 1.77. The van der Waals surface area contributed by atoms with Crippen LogP contribution in [0.2, 0.25) is 0 Å². The van der Waals surface area contributed by atoms with Gasteiger partial charge in [0.25, 0.3) is 0 Å². The lowest BCUT2D eigenvalue weighted by Crippen LogP contribution is -2.50. The summed E-state index contributed by atoms with van der Waals surface area (Å²) in [6, 6.07) is 1.38. The smallest absolute Gasteiger partial charge is 0.0799 e. The van der Waals surface area contributed by atoms with E-state index in [1.807, 2.05) is 0 Å². The molecule has 0 aromatic carbocycles. The van der Waals surface area contributed by atoms with Crippen LogP contribution >= 0.6 is 15.9 Å². The van der Waals surface area contributed by atoms with E-state index in [0.717, 1.165) is 24.5 Å². The van der Waals surface area contributed by atoms with Gasteiger partial charge in [-0.3, -0.25) is 4.90 Å². The second kappa shape index (κ2) is 7.22. The maximum Gasteiger partial charge on any atom is 0.0799 e. The Morgan fingerprint density at radius 2 is 2.17 bits per heavy atom. The molecule has 0 amide bonds. The van der Waals surface area contributed by atoms with E-state index in [0.29, 0.717) is 12.1 Å². The van der Waals surface area contributed by atoms with Gasteiger partial charge in [-0.25, -0.2) is 0 Å². The third-order valence-electron chi connectivity index (χ3n) is 4.48. The molecule has 2 aliphatic heterocycles. The molecule has 2 aliphatic rings. The number of hydrogen-bond acceptors (Lipinski definition) is 3. The number of rotatable bonds is 4. The van der Waals surface area contributed by atoms with Gasteiger partial charge < -0.3 is 9.64 Å². The van der Waals surface area contributed by atoms with Crippen LogP contribution in [-0.2, 0) is 4.74 Å². The van der Waals surface area contributed by atoms with Crippen LogP contribution in [0.5, 0.6) is 0 Å². The summed E-state index contributed by atoms with van der Waals surface area (Å²) in [6.45, 7) is 6.77. The average Bonchev–Trinajstić information content (AvgIpc) is 2.39. The van der Waals surface area contributed by atoms with Gasteiger partial charge in [-0.2, -0.15) is 0 Å². The monoisotopic (exact) mass is 318 g/mol. The van der Waals surface area contributed by atoms with Crippen LogP contribution in [0.4, 0.5) is 0 Å². The van der Waals surface area contributed by atoms with Gasteiger partial charge in [0, 0.05) is 30.5 Å². The number of hydrogen-bond donors (Lipinski definition) is 0. The number of alkyl halides is 1. The molecule has 3 nitrogen and oxygen atoms in total. The maximum atomic E-state index is 5.78. The zero-order valence-electron chi connectivity index (χ0n) is 11.8. The predicted octanol–water partition coefficient (Wildman–Crippen LogP) is 2.34. The summed E-state index contributed by atoms with van der Waals surface area (Å²) < 4.78 is 5.78. The second-order valence-electron chi connectivity index (χ2n) is 5.87. The first-order valence-electron chi connectivity index (χ1n) is 7.32. The van der Waals surface area contributed by atoms with Gasteiger partial charge in [0.1, 0.15) is 0 Å². The summed E-state index contributed by atoms with van der Waals surface area (Å²) >= 11 is 3.54. The fraction of sp³-hybridized carbons (Fsp3) is 1.00. The molecule has 2 heterocycles. The molecule has 3 atom stereocenters. The molecule has 0 saturated carbocycles. The predicted molar refractivity (Wildman–Crippen MR) is 79.5 cm³/mol. The van der Waals surface area contributed by atoms with Crippen LogP contribution in [0.3, 0.4) is 0 Å². The molecule has 0 aliphatic carbocycles. The Morgan fingerprint density at radius 3 is 2.89 bits per heavy atom. The summed E-state index contributed by atoms with van der Waals surface area (Å²) in [4.78, 5) is 5.16. The Bertz CT molecular complexity index is 252. The molecule has 0 radical (unpaired) electrons. The van der Waals surface area contributed by atoms with E-state index in [2.05, 4.69) is 39.7 Å². The molecule has 0 aromatic heterocycles. The molecule has 2 saturated heterocycles. The lowest BCUT2D eigenvalue weighted by molar-refractivity contribution is -0.0491. The van der Waals surface area contributed by atoms with Crippen LogP contribution in [0, 0.1) is 0 Å².